The monoisotopic (exact) mass is 398 g/mol. The Morgan fingerprint density at radius 3 is 2.45 bits per heavy atom. The van der Waals surface area contributed by atoms with E-state index in [2.05, 4.69) is 0 Å². The summed E-state index contributed by atoms with van der Waals surface area (Å²) in [7, 11) is 1.24. The number of nitro benzene ring substituents is 1. The van der Waals surface area contributed by atoms with Gasteiger partial charge in [-0.2, -0.15) is 0 Å². The molecular weight excluding hydrogens is 380 g/mol. The molecule has 9 nitrogen and oxygen atoms in total. The van der Waals surface area contributed by atoms with Crippen molar-refractivity contribution in [1.29, 1.82) is 0 Å². The number of nitro groups is 1. The van der Waals surface area contributed by atoms with E-state index in [1.807, 2.05) is 24.3 Å². The first kappa shape index (κ1) is 20.0. The van der Waals surface area contributed by atoms with Crippen LogP contribution in [0.15, 0.2) is 48.5 Å². The van der Waals surface area contributed by atoms with Gasteiger partial charge in [-0.1, -0.05) is 36.4 Å². The van der Waals surface area contributed by atoms with Crippen LogP contribution in [-0.4, -0.2) is 47.4 Å². The molecule has 0 aromatic heterocycles. The molecule has 2 aromatic carbocycles. The molecule has 0 spiro atoms. The molecule has 0 fully saturated rings. The summed E-state index contributed by atoms with van der Waals surface area (Å²) in [6.45, 7) is -0.488. The van der Waals surface area contributed by atoms with Gasteiger partial charge in [0.25, 0.3) is 11.6 Å². The van der Waals surface area contributed by atoms with Gasteiger partial charge in [0.15, 0.2) is 6.61 Å². The Balaban J connectivity index is 1.74. The van der Waals surface area contributed by atoms with Gasteiger partial charge in [0, 0.05) is 19.0 Å². The third kappa shape index (κ3) is 4.23. The number of amides is 1. The van der Waals surface area contributed by atoms with Crippen molar-refractivity contribution in [2.75, 3.05) is 13.7 Å². The first-order chi connectivity index (χ1) is 13.9. The van der Waals surface area contributed by atoms with E-state index in [0.717, 1.165) is 11.1 Å². The number of rotatable bonds is 5. The summed E-state index contributed by atoms with van der Waals surface area (Å²) < 4.78 is 9.80. The van der Waals surface area contributed by atoms with Crippen molar-refractivity contribution in [3.05, 3.63) is 75.3 Å². The smallest absolute Gasteiger partial charge is 0.345 e. The van der Waals surface area contributed by atoms with Crippen molar-refractivity contribution in [3.63, 3.8) is 0 Å². The molecule has 1 amide bonds. The highest BCUT2D eigenvalue weighted by Crippen LogP contribution is 2.24. The molecule has 150 valence electrons. The second kappa shape index (κ2) is 8.51. The molecule has 1 aliphatic rings. The van der Waals surface area contributed by atoms with E-state index in [-0.39, 0.29) is 18.5 Å². The van der Waals surface area contributed by atoms with Crippen LogP contribution in [0.1, 0.15) is 21.5 Å². The lowest BCUT2D eigenvalue weighted by Gasteiger charge is -2.35. The predicted molar refractivity (Wildman–Crippen MR) is 99.9 cm³/mol. The first-order valence-electron chi connectivity index (χ1n) is 8.77. The minimum absolute atomic E-state index is 0.164. The topological polar surface area (TPSA) is 116 Å². The minimum Gasteiger partial charge on any atom is -0.467 e. The van der Waals surface area contributed by atoms with Crippen LogP contribution in [0, 0.1) is 10.1 Å². The molecule has 9 heteroatoms. The maximum Gasteiger partial charge on any atom is 0.345 e. The number of hydrogen-bond acceptors (Lipinski definition) is 7. The number of methoxy groups -OCH3 is 1. The van der Waals surface area contributed by atoms with Crippen LogP contribution in [0.4, 0.5) is 5.69 Å². The summed E-state index contributed by atoms with van der Waals surface area (Å²) >= 11 is 0. The average Bonchev–Trinajstić information content (AvgIpc) is 2.75. The summed E-state index contributed by atoms with van der Waals surface area (Å²) in [5, 5.41) is 11.1. The summed E-state index contributed by atoms with van der Waals surface area (Å²) in [4.78, 5) is 48.8. The van der Waals surface area contributed by atoms with Gasteiger partial charge in [-0.25, -0.2) is 9.59 Å². The first-order valence-corrected chi connectivity index (χ1v) is 8.77. The Labute approximate surface area is 166 Å². The zero-order valence-corrected chi connectivity index (χ0v) is 15.6. The summed E-state index contributed by atoms with van der Waals surface area (Å²) in [5.41, 5.74) is 1.15. The quantitative estimate of drug-likeness (QED) is 0.429. The van der Waals surface area contributed by atoms with Crippen molar-refractivity contribution in [2.45, 2.75) is 19.0 Å². The summed E-state index contributed by atoms with van der Waals surface area (Å²) in [5.74, 6) is -2.16. The molecule has 0 aliphatic carbocycles. The molecule has 3 rings (SSSR count). The van der Waals surface area contributed by atoms with Gasteiger partial charge in [0.2, 0.25) is 0 Å². The molecule has 0 bridgehead atoms. The van der Waals surface area contributed by atoms with Gasteiger partial charge in [-0.05, 0) is 17.2 Å². The molecule has 2 aromatic rings. The molecule has 1 atom stereocenters. The molecular formula is C20H18N2O7. The SMILES string of the molecule is COC(=O)[C@@H]1Cc2ccccc2CN1C(=O)COC(=O)c1ccccc1[N+](=O)[O-]. The number of ether oxygens (including phenoxy) is 2. The summed E-state index contributed by atoms with van der Waals surface area (Å²) in [6, 6.07) is 11.9. The maximum atomic E-state index is 12.7. The van der Waals surface area contributed by atoms with E-state index in [4.69, 9.17) is 9.47 Å². The zero-order chi connectivity index (χ0) is 21.0. The number of esters is 2. The maximum absolute atomic E-state index is 12.7. The van der Waals surface area contributed by atoms with E-state index >= 15 is 0 Å². The Morgan fingerprint density at radius 1 is 1.10 bits per heavy atom. The highest BCUT2D eigenvalue weighted by molar-refractivity contribution is 5.95. The zero-order valence-electron chi connectivity index (χ0n) is 15.6. The number of fused-ring (bicyclic) bond motifs is 1. The van der Waals surface area contributed by atoms with Crippen LogP contribution in [0.25, 0.3) is 0 Å². The van der Waals surface area contributed by atoms with Crippen molar-refractivity contribution >= 4 is 23.5 Å². The number of benzene rings is 2. The minimum atomic E-state index is -0.988. The highest BCUT2D eigenvalue weighted by atomic mass is 16.6. The van der Waals surface area contributed by atoms with E-state index in [0.29, 0.717) is 0 Å². The van der Waals surface area contributed by atoms with Gasteiger partial charge < -0.3 is 14.4 Å². The molecule has 1 heterocycles. The number of hydrogen-bond donors (Lipinski definition) is 0. The standard InChI is InChI=1S/C20H18N2O7/c1-28-20(25)17-10-13-6-2-3-7-14(13)11-21(17)18(23)12-29-19(24)15-8-4-5-9-16(15)22(26)27/h2-9,17H,10-12H2,1H3/t17-/m0/s1. The largest absolute Gasteiger partial charge is 0.467 e. The van der Waals surface area contributed by atoms with Crippen LogP contribution < -0.4 is 0 Å². The fourth-order valence-corrected chi connectivity index (χ4v) is 3.23. The van der Waals surface area contributed by atoms with Gasteiger partial charge in [-0.15, -0.1) is 0 Å². The van der Waals surface area contributed by atoms with E-state index in [1.165, 1.54) is 36.3 Å². The fourth-order valence-electron chi connectivity index (χ4n) is 3.23. The van der Waals surface area contributed by atoms with Crippen LogP contribution in [0.2, 0.25) is 0 Å². The Morgan fingerprint density at radius 2 is 1.76 bits per heavy atom. The third-order valence-corrected chi connectivity index (χ3v) is 4.69. The van der Waals surface area contributed by atoms with Crippen LogP contribution >= 0.6 is 0 Å². The molecule has 0 saturated heterocycles. The molecule has 0 radical (unpaired) electrons. The number of nitrogens with zero attached hydrogens (tertiary/aromatic N) is 2. The normalized spacial score (nSPS) is 15.2. The van der Waals surface area contributed by atoms with E-state index in [9.17, 15) is 24.5 Å². The molecule has 0 N–H and O–H groups in total. The van der Waals surface area contributed by atoms with Crippen LogP contribution in [0.3, 0.4) is 0 Å². The van der Waals surface area contributed by atoms with Crippen molar-refractivity contribution in [2.24, 2.45) is 0 Å². The Kier molecular flexibility index (Phi) is 5.87. The van der Waals surface area contributed by atoms with Gasteiger partial charge in [0.05, 0.1) is 12.0 Å². The van der Waals surface area contributed by atoms with Crippen LogP contribution in [-0.2, 0) is 32.0 Å². The van der Waals surface area contributed by atoms with Gasteiger partial charge in [0.1, 0.15) is 11.6 Å². The van der Waals surface area contributed by atoms with E-state index in [1.54, 1.807) is 0 Å². The van der Waals surface area contributed by atoms with Crippen LogP contribution in [0.5, 0.6) is 0 Å². The predicted octanol–water partition coefficient (Wildman–Crippen LogP) is 1.88. The lowest BCUT2D eigenvalue weighted by molar-refractivity contribution is -0.385. The van der Waals surface area contributed by atoms with Gasteiger partial charge in [-0.3, -0.25) is 14.9 Å². The lowest BCUT2D eigenvalue weighted by Crippen LogP contribution is -2.50. The molecule has 0 unspecified atom stereocenters. The number of carbonyl (C=O) groups is 3. The molecule has 0 saturated carbocycles. The van der Waals surface area contributed by atoms with Crippen molar-refractivity contribution in [1.82, 2.24) is 4.90 Å². The van der Waals surface area contributed by atoms with Gasteiger partial charge >= 0.3 is 11.9 Å². The number of carbonyl (C=O) groups excluding carboxylic acids is 3. The number of para-hydroxylation sites is 1. The lowest BCUT2D eigenvalue weighted by atomic mass is 9.94. The van der Waals surface area contributed by atoms with Crippen molar-refractivity contribution in [3.8, 4) is 0 Å². The Bertz CT molecular complexity index is 973. The second-order valence-corrected chi connectivity index (χ2v) is 6.38. The third-order valence-electron chi connectivity index (χ3n) is 4.69. The van der Waals surface area contributed by atoms with Crippen molar-refractivity contribution < 1.29 is 28.8 Å². The second-order valence-electron chi connectivity index (χ2n) is 6.38. The molecule has 1 aliphatic heterocycles. The molecule has 29 heavy (non-hydrogen) atoms. The highest BCUT2D eigenvalue weighted by Gasteiger charge is 2.35. The Hall–Kier alpha value is -3.75. The summed E-state index contributed by atoms with van der Waals surface area (Å²) in [6.07, 6.45) is 0.284. The van der Waals surface area contributed by atoms with E-state index < -0.39 is 41.1 Å². The fraction of sp³-hybridized carbons (Fsp3) is 0.250. The average molecular weight is 398 g/mol.